The number of hydrogen-bond donors (Lipinski definition) is 1. The summed E-state index contributed by atoms with van der Waals surface area (Å²) in [4.78, 5) is 36.8. The highest BCUT2D eigenvalue weighted by Crippen LogP contribution is 2.12. The van der Waals surface area contributed by atoms with Crippen LogP contribution in [0.3, 0.4) is 0 Å². The summed E-state index contributed by atoms with van der Waals surface area (Å²) in [7, 11) is 5.49. The fourth-order valence-electron chi connectivity index (χ4n) is 5.50. The van der Waals surface area contributed by atoms with Gasteiger partial charge in [0.15, 0.2) is 12.1 Å². The van der Waals surface area contributed by atoms with Crippen LogP contribution in [-0.4, -0.2) is 80.6 Å². The van der Waals surface area contributed by atoms with E-state index in [9.17, 15) is 19.5 Å². The van der Waals surface area contributed by atoms with Crippen LogP contribution in [0.15, 0.2) is 72.9 Å². The number of allylic oxidation sites excluding steroid dienone is 12. The predicted octanol–water partition coefficient (Wildman–Crippen LogP) is 10.8. The van der Waals surface area contributed by atoms with Crippen LogP contribution >= 0.6 is 0 Å². The molecule has 0 aliphatic carbocycles. The third-order valence-corrected chi connectivity index (χ3v) is 8.71. The second-order valence-electron chi connectivity index (χ2n) is 14.6. The molecule has 8 nitrogen and oxygen atoms in total. The van der Waals surface area contributed by atoms with Crippen molar-refractivity contribution >= 4 is 17.9 Å². The highest BCUT2D eigenvalue weighted by molar-refractivity contribution is 5.72. The number of esters is 2. The Hall–Kier alpha value is -3.23. The lowest BCUT2D eigenvalue weighted by Gasteiger charge is -2.31. The summed E-state index contributed by atoms with van der Waals surface area (Å²) in [6, 6.07) is -0.629. The van der Waals surface area contributed by atoms with Gasteiger partial charge in [0.1, 0.15) is 6.61 Å². The summed E-state index contributed by atoms with van der Waals surface area (Å²) in [5.74, 6) is -1.56. The van der Waals surface area contributed by atoms with Crippen molar-refractivity contribution in [3.8, 4) is 0 Å². The van der Waals surface area contributed by atoms with Gasteiger partial charge >= 0.3 is 17.9 Å². The van der Waals surface area contributed by atoms with Gasteiger partial charge in [-0.25, -0.2) is 4.79 Å². The molecule has 0 aromatic rings. The van der Waals surface area contributed by atoms with Crippen LogP contribution in [0.4, 0.5) is 0 Å². The molecule has 0 aromatic carbocycles. The number of carbonyl (C=O) groups is 3. The number of carbonyl (C=O) groups excluding carboxylic acids is 2. The van der Waals surface area contributed by atoms with Crippen LogP contribution in [0.1, 0.15) is 142 Å². The Kier molecular flexibility index (Phi) is 33.6. The second kappa shape index (κ2) is 35.8. The minimum Gasteiger partial charge on any atom is -0.477 e. The first-order valence-corrected chi connectivity index (χ1v) is 20.5. The van der Waals surface area contributed by atoms with E-state index in [1.165, 1.54) is 44.9 Å². The number of hydrogen-bond acceptors (Lipinski definition) is 6. The van der Waals surface area contributed by atoms with Gasteiger partial charge < -0.3 is 23.8 Å². The van der Waals surface area contributed by atoms with E-state index in [0.29, 0.717) is 19.3 Å². The van der Waals surface area contributed by atoms with Crippen molar-refractivity contribution in [3.63, 3.8) is 0 Å². The fourth-order valence-corrected chi connectivity index (χ4v) is 5.50. The maximum atomic E-state index is 12.7. The number of aliphatic carboxylic acids is 1. The fraction of sp³-hybridized carbons (Fsp3) is 0.667. The summed E-state index contributed by atoms with van der Waals surface area (Å²) < 4.78 is 17.2. The number of ether oxygens (including phenoxy) is 3. The van der Waals surface area contributed by atoms with Crippen LogP contribution in [0.2, 0.25) is 0 Å². The summed E-state index contributed by atoms with van der Waals surface area (Å²) in [5.41, 5.74) is 0. The zero-order valence-electron chi connectivity index (χ0n) is 34.2. The molecule has 0 fully saturated rings. The van der Waals surface area contributed by atoms with E-state index in [4.69, 9.17) is 14.2 Å². The molecule has 302 valence electrons. The Balaban J connectivity index is 4.50. The lowest BCUT2D eigenvalue weighted by Crippen LogP contribution is -2.50. The Morgan fingerprint density at radius 3 is 1.58 bits per heavy atom. The van der Waals surface area contributed by atoms with E-state index in [1.807, 2.05) is 57.6 Å². The molecule has 1 N–H and O–H groups in total. The summed E-state index contributed by atoms with van der Waals surface area (Å²) in [6.07, 6.45) is 43.8. The van der Waals surface area contributed by atoms with Crippen molar-refractivity contribution in [2.24, 2.45) is 0 Å². The lowest BCUT2D eigenvalue weighted by molar-refractivity contribution is -0.887. The maximum Gasteiger partial charge on any atom is 0.362 e. The van der Waals surface area contributed by atoms with E-state index >= 15 is 0 Å². The van der Waals surface area contributed by atoms with Crippen molar-refractivity contribution < 1.29 is 38.2 Å². The molecular formula is C45H76NO7+. The van der Waals surface area contributed by atoms with Crippen molar-refractivity contribution in [1.29, 1.82) is 0 Å². The standard InChI is InChI=1S/C45H75NO7/c1-6-8-10-12-14-16-18-20-21-22-24-25-27-29-31-33-35-43(47)52-40-41(39-51-38-37-42(45(49)50)46(3,4)5)53-44(48)36-34-32-30-28-26-23-19-17-15-13-11-9-7-2/h9,11,13,15,17,19,21-26,41-42H,6-8,10,12,14,16,18,20,27-40H2,1-5H3/p+1/b11-9+,15-13+,19-17+,22-21+,25-24+,26-23+. The number of carboxylic acids is 1. The molecule has 0 rings (SSSR count). The van der Waals surface area contributed by atoms with Crippen molar-refractivity contribution in [1.82, 2.24) is 0 Å². The number of likely N-dealkylation sites (N-methyl/N-ethyl adjacent to an activating group) is 1. The molecule has 0 amide bonds. The average molecular weight is 743 g/mol. The van der Waals surface area contributed by atoms with Gasteiger partial charge in [0.2, 0.25) is 0 Å². The molecule has 0 aliphatic rings. The number of carboxylic acid groups (broad SMARTS) is 1. The molecule has 0 bridgehead atoms. The Bertz CT molecular complexity index is 1100. The highest BCUT2D eigenvalue weighted by atomic mass is 16.6. The first kappa shape index (κ1) is 49.8. The van der Waals surface area contributed by atoms with Crippen molar-refractivity contribution in [3.05, 3.63) is 72.9 Å². The van der Waals surface area contributed by atoms with Crippen LogP contribution in [0, 0.1) is 0 Å². The number of unbranched alkanes of at least 4 members (excludes halogenated alkanes) is 13. The molecule has 0 heterocycles. The predicted molar refractivity (Wildman–Crippen MR) is 220 cm³/mol. The van der Waals surface area contributed by atoms with Gasteiger partial charge in [0.25, 0.3) is 0 Å². The molecule has 0 spiro atoms. The van der Waals surface area contributed by atoms with Gasteiger partial charge in [-0.1, -0.05) is 138 Å². The SMILES string of the molecule is CC/C=C/C=C/C=C/C=C/CCCCCC(=O)OC(COCCC(C(=O)O)[N+](C)(C)C)COC(=O)CCCCC/C=C/C=C/CCCCCCCCC. The number of quaternary nitrogens is 1. The van der Waals surface area contributed by atoms with Crippen LogP contribution in [0.5, 0.6) is 0 Å². The van der Waals surface area contributed by atoms with Crippen molar-refractivity contribution in [2.75, 3.05) is 41.0 Å². The zero-order chi connectivity index (χ0) is 39.3. The van der Waals surface area contributed by atoms with Gasteiger partial charge in [-0.3, -0.25) is 9.59 Å². The Morgan fingerprint density at radius 2 is 1.06 bits per heavy atom. The zero-order valence-corrected chi connectivity index (χ0v) is 34.2. The van der Waals surface area contributed by atoms with Gasteiger partial charge in [0.05, 0.1) is 34.4 Å². The van der Waals surface area contributed by atoms with E-state index in [1.54, 1.807) is 0 Å². The summed E-state index contributed by atoms with van der Waals surface area (Å²) in [5, 5.41) is 9.59. The average Bonchev–Trinajstić information content (AvgIpc) is 3.11. The largest absolute Gasteiger partial charge is 0.477 e. The number of nitrogens with zero attached hydrogens (tertiary/aromatic N) is 1. The monoisotopic (exact) mass is 743 g/mol. The molecule has 8 heteroatoms. The third-order valence-electron chi connectivity index (χ3n) is 8.71. The van der Waals surface area contributed by atoms with E-state index in [0.717, 1.165) is 57.8 Å². The van der Waals surface area contributed by atoms with Crippen LogP contribution in [-0.2, 0) is 28.6 Å². The van der Waals surface area contributed by atoms with Gasteiger partial charge in [-0.2, -0.15) is 0 Å². The minimum atomic E-state index is -0.889. The quantitative estimate of drug-likeness (QED) is 0.0299. The number of rotatable bonds is 35. The second-order valence-corrected chi connectivity index (χ2v) is 14.6. The topological polar surface area (TPSA) is 99.1 Å². The summed E-state index contributed by atoms with van der Waals surface area (Å²) >= 11 is 0. The highest BCUT2D eigenvalue weighted by Gasteiger charge is 2.31. The first-order chi connectivity index (χ1) is 25.6. The minimum absolute atomic E-state index is 0.0325. The van der Waals surface area contributed by atoms with E-state index in [2.05, 4.69) is 50.3 Å². The molecule has 0 saturated carbocycles. The molecule has 0 aromatic heterocycles. The molecule has 53 heavy (non-hydrogen) atoms. The third kappa shape index (κ3) is 34.3. The van der Waals surface area contributed by atoms with Gasteiger partial charge in [-0.05, 0) is 57.8 Å². The van der Waals surface area contributed by atoms with Crippen LogP contribution in [0.25, 0.3) is 0 Å². The van der Waals surface area contributed by atoms with Gasteiger partial charge in [-0.15, -0.1) is 0 Å². The normalized spacial score (nSPS) is 13.8. The molecule has 0 aliphatic heterocycles. The smallest absolute Gasteiger partial charge is 0.362 e. The Morgan fingerprint density at radius 1 is 0.585 bits per heavy atom. The molecule has 0 saturated heterocycles. The van der Waals surface area contributed by atoms with E-state index < -0.39 is 18.1 Å². The van der Waals surface area contributed by atoms with Crippen molar-refractivity contribution in [2.45, 2.75) is 154 Å². The molecular weight excluding hydrogens is 666 g/mol. The van der Waals surface area contributed by atoms with Crippen LogP contribution < -0.4 is 0 Å². The summed E-state index contributed by atoms with van der Waals surface area (Å²) in [6.45, 7) is 4.49. The Labute approximate surface area is 323 Å². The first-order valence-electron chi connectivity index (χ1n) is 20.5. The molecule has 0 radical (unpaired) electrons. The lowest BCUT2D eigenvalue weighted by atomic mass is 10.1. The van der Waals surface area contributed by atoms with Gasteiger partial charge in [0, 0.05) is 19.3 Å². The maximum absolute atomic E-state index is 12.7. The molecule has 2 unspecified atom stereocenters. The molecule has 2 atom stereocenters. The van der Waals surface area contributed by atoms with E-state index in [-0.39, 0.29) is 42.7 Å².